The number of carbonyl (C=O) groups excluding carboxylic acids is 3. The number of carbonyl (C=O) groups is 3. The van der Waals surface area contributed by atoms with Crippen molar-refractivity contribution in [2.45, 2.75) is 38.3 Å². The van der Waals surface area contributed by atoms with Gasteiger partial charge in [0.1, 0.15) is 12.6 Å². The molecule has 156 valence electrons. The van der Waals surface area contributed by atoms with E-state index in [0.717, 1.165) is 31.2 Å². The quantitative estimate of drug-likeness (QED) is 0.802. The van der Waals surface area contributed by atoms with E-state index in [1.807, 2.05) is 42.5 Å². The van der Waals surface area contributed by atoms with Crippen LogP contribution in [0.4, 0.5) is 0 Å². The van der Waals surface area contributed by atoms with E-state index in [2.05, 4.69) is 5.32 Å². The van der Waals surface area contributed by atoms with Crippen molar-refractivity contribution >= 4 is 17.7 Å². The van der Waals surface area contributed by atoms with Crippen molar-refractivity contribution < 1.29 is 14.4 Å². The molecule has 2 aliphatic heterocycles. The van der Waals surface area contributed by atoms with Crippen LogP contribution >= 0.6 is 0 Å². The summed E-state index contributed by atoms with van der Waals surface area (Å²) in [5.74, 6) is -0.0368. The van der Waals surface area contributed by atoms with Crippen LogP contribution in [0.1, 0.15) is 40.7 Å². The minimum atomic E-state index is -0.297. The zero-order valence-electron chi connectivity index (χ0n) is 17.0. The van der Waals surface area contributed by atoms with E-state index in [9.17, 15) is 14.4 Å². The molecule has 3 amide bonds. The van der Waals surface area contributed by atoms with Gasteiger partial charge < -0.3 is 15.1 Å². The molecule has 2 fully saturated rings. The molecule has 1 N–H and O–H groups in total. The van der Waals surface area contributed by atoms with E-state index < -0.39 is 0 Å². The Kier molecular flexibility index (Phi) is 6.12. The van der Waals surface area contributed by atoms with Crippen molar-refractivity contribution in [3.63, 3.8) is 0 Å². The van der Waals surface area contributed by atoms with Crippen LogP contribution in [0, 0.1) is 0 Å². The lowest BCUT2D eigenvalue weighted by Gasteiger charge is -2.42. The first-order valence-electron chi connectivity index (χ1n) is 10.6. The predicted octanol–water partition coefficient (Wildman–Crippen LogP) is 2.38. The summed E-state index contributed by atoms with van der Waals surface area (Å²) in [5, 5.41) is 2.94. The molecular weight excluding hydrogens is 378 g/mol. The first-order chi connectivity index (χ1) is 14.6. The molecule has 1 atom stereocenters. The van der Waals surface area contributed by atoms with Gasteiger partial charge in [-0.05, 0) is 48.9 Å². The largest absolute Gasteiger partial charge is 0.352 e. The minimum Gasteiger partial charge on any atom is -0.352 e. The number of nitrogens with zero attached hydrogens (tertiary/aromatic N) is 2. The number of hydrogen-bond donors (Lipinski definition) is 1. The number of rotatable bonds is 6. The van der Waals surface area contributed by atoms with Crippen molar-refractivity contribution in [1.29, 1.82) is 0 Å². The van der Waals surface area contributed by atoms with E-state index in [0.29, 0.717) is 25.2 Å². The highest BCUT2D eigenvalue weighted by Crippen LogP contribution is 2.24. The molecule has 6 heteroatoms. The lowest BCUT2D eigenvalue weighted by Crippen LogP contribution is -2.60. The van der Waals surface area contributed by atoms with Crippen LogP contribution in [0.5, 0.6) is 0 Å². The Labute approximate surface area is 176 Å². The first-order valence-corrected chi connectivity index (χ1v) is 10.6. The molecule has 0 saturated carbocycles. The Morgan fingerprint density at radius 2 is 1.73 bits per heavy atom. The lowest BCUT2D eigenvalue weighted by molar-refractivity contribution is -0.158. The molecule has 2 aromatic carbocycles. The summed E-state index contributed by atoms with van der Waals surface area (Å²) in [6, 6.07) is 17.0. The van der Waals surface area contributed by atoms with E-state index in [1.165, 1.54) is 5.56 Å². The number of benzene rings is 2. The maximum Gasteiger partial charge on any atom is 0.251 e. The topological polar surface area (TPSA) is 69.7 Å². The zero-order valence-corrected chi connectivity index (χ0v) is 17.0. The number of amides is 3. The summed E-state index contributed by atoms with van der Waals surface area (Å²) in [5.41, 5.74) is 2.69. The van der Waals surface area contributed by atoms with E-state index in [4.69, 9.17) is 0 Å². The Morgan fingerprint density at radius 1 is 0.967 bits per heavy atom. The molecule has 0 spiro atoms. The van der Waals surface area contributed by atoms with Crippen LogP contribution in [-0.2, 0) is 22.6 Å². The van der Waals surface area contributed by atoms with Gasteiger partial charge in [0.25, 0.3) is 5.91 Å². The van der Waals surface area contributed by atoms with Crippen LogP contribution < -0.4 is 5.32 Å². The fraction of sp³-hybridized carbons (Fsp3) is 0.375. The molecule has 0 aromatic heterocycles. The molecular formula is C24H27N3O3. The number of fused-ring (bicyclic) bond motifs is 1. The lowest BCUT2D eigenvalue weighted by atomic mass is 9.98. The van der Waals surface area contributed by atoms with E-state index in [-0.39, 0.29) is 30.3 Å². The Hall–Kier alpha value is -3.15. The molecule has 30 heavy (non-hydrogen) atoms. The monoisotopic (exact) mass is 405 g/mol. The van der Waals surface area contributed by atoms with E-state index >= 15 is 0 Å². The molecule has 4 rings (SSSR count). The van der Waals surface area contributed by atoms with Crippen LogP contribution in [0.2, 0.25) is 0 Å². The maximum absolute atomic E-state index is 12.8. The van der Waals surface area contributed by atoms with Crippen LogP contribution in [0.3, 0.4) is 0 Å². The maximum atomic E-state index is 12.8. The fourth-order valence-electron chi connectivity index (χ4n) is 4.21. The van der Waals surface area contributed by atoms with Gasteiger partial charge in [0.05, 0.1) is 0 Å². The number of hydrogen-bond acceptors (Lipinski definition) is 3. The van der Waals surface area contributed by atoms with Gasteiger partial charge in [0, 0.05) is 25.2 Å². The summed E-state index contributed by atoms with van der Waals surface area (Å²) in [6.07, 6.45) is 3.50. The molecule has 0 bridgehead atoms. The fourth-order valence-corrected chi connectivity index (χ4v) is 4.21. The first kappa shape index (κ1) is 20.1. The molecule has 2 aliphatic rings. The smallest absolute Gasteiger partial charge is 0.251 e. The van der Waals surface area contributed by atoms with Crippen LogP contribution in [0.25, 0.3) is 0 Å². The normalized spacial score (nSPS) is 18.9. The number of nitrogens with one attached hydrogen (secondary N) is 1. The van der Waals surface area contributed by atoms with Gasteiger partial charge >= 0.3 is 0 Å². The Bertz CT molecular complexity index is 911. The van der Waals surface area contributed by atoms with Crippen molar-refractivity contribution in [1.82, 2.24) is 15.1 Å². The van der Waals surface area contributed by atoms with Gasteiger partial charge in [-0.15, -0.1) is 0 Å². The standard InChI is InChI=1S/C24H27N3O3/c28-22-17-26(24(30)21-8-4-5-15-27(21)22)16-19-9-11-20(12-10-19)23(29)25-14-13-18-6-2-1-3-7-18/h1-3,6-7,9-12,21H,4-5,8,13-17H2,(H,25,29). The minimum absolute atomic E-state index is 0.0358. The number of piperidine rings is 1. The number of piperazine rings is 1. The summed E-state index contributed by atoms with van der Waals surface area (Å²) in [7, 11) is 0. The second kappa shape index (κ2) is 9.11. The summed E-state index contributed by atoms with van der Waals surface area (Å²) < 4.78 is 0. The predicted molar refractivity (Wildman–Crippen MR) is 114 cm³/mol. The van der Waals surface area contributed by atoms with Gasteiger partial charge in [-0.2, -0.15) is 0 Å². The second-order valence-electron chi connectivity index (χ2n) is 7.98. The summed E-state index contributed by atoms with van der Waals surface area (Å²) in [4.78, 5) is 40.9. The van der Waals surface area contributed by atoms with Gasteiger partial charge in [-0.3, -0.25) is 14.4 Å². The third-order valence-corrected chi connectivity index (χ3v) is 5.88. The molecule has 0 aliphatic carbocycles. The highest BCUT2D eigenvalue weighted by molar-refractivity contribution is 5.95. The third kappa shape index (κ3) is 4.53. The highest BCUT2D eigenvalue weighted by atomic mass is 16.2. The van der Waals surface area contributed by atoms with Crippen molar-refractivity contribution in [3.8, 4) is 0 Å². The van der Waals surface area contributed by atoms with Crippen molar-refractivity contribution in [2.24, 2.45) is 0 Å². The van der Waals surface area contributed by atoms with E-state index in [1.54, 1.807) is 21.9 Å². The van der Waals surface area contributed by atoms with Gasteiger partial charge in [0.2, 0.25) is 11.8 Å². The molecule has 0 radical (unpaired) electrons. The zero-order chi connectivity index (χ0) is 20.9. The van der Waals surface area contributed by atoms with Crippen LogP contribution in [-0.4, -0.2) is 53.2 Å². The Morgan fingerprint density at radius 3 is 2.50 bits per heavy atom. The van der Waals surface area contributed by atoms with Crippen molar-refractivity contribution in [3.05, 3.63) is 71.3 Å². The third-order valence-electron chi connectivity index (χ3n) is 5.88. The molecule has 1 unspecified atom stereocenters. The Balaban J connectivity index is 1.31. The molecule has 2 aromatic rings. The molecule has 2 saturated heterocycles. The second-order valence-corrected chi connectivity index (χ2v) is 7.98. The van der Waals surface area contributed by atoms with Crippen LogP contribution in [0.15, 0.2) is 54.6 Å². The average molecular weight is 405 g/mol. The van der Waals surface area contributed by atoms with Gasteiger partial charge in [0.15, 0.2) is 0 Å². The summed E-state index contributed by atoms with van der Waals surface area (Å²) >= 11 is 0. The van der Waals surface area contributed by atoms with Gasteiger partial charge in [-0.1, -0.05) is 42.5 Å². The molecule has 6 nitrogen and oxygen atoms in total. The van der Waals surface area contributed by atoms with Gasteiger partial charge in [-0.25, -0.2) is 0 Å². The highest BCUT2D eigenvalue weighted by Gasteiger charge is 2.40. The SMILES string of the molecule is O=C(NCCc1ccccc1)c1ccc(CN2CC(=O)N3CCCCC3C2=O)cc1. The molecule has 2 heterocycles. The average Bonchev–Trinajstić information content (AvgIpc) is 2.78. The summed E-state index contributed by atoms with van der Waals surface area (Å²) in [6.45, 7) is 1.80. The van der Waals surface area contributed by atoms with Crippen molar-refractivity contribution in [2.75, 3.05) is 19.6 Å².